The lowest BCUT2D eigenvalue weighted by Gasteiger charge is -2.05. The molecule has 0 fully saturated rings. The average Bonchev–Trinajstić information content (AvgIpc) is 1.87. The van der Waals surface area contributed by atoms with Gasteiger partial charge < -0.3 is 5.11 Å². The molecule has 0 radical (unpaired) electrons. The van der Waals surface area contributed by atoms with E-state index in [4.69, 9.17) is 5.11 Å². The topological polar surface area (TPSA) is 20.2 Å². The van der Waals surface area contributed by atoms with Gasteiger partial charge in [-0.1, -0.05) is 6.92 Å². The first-order valence-electron chi connectivity index (χ1n) is 3.13. The van der Waals surface area contributed by atoms with Gasteiger partial charge in [0.1, 0.15) is 0 Å². The lowest BCUT2D eigenvalue weighted by Crippen LogP contribution is -2.05. The predicted octanol–water partition coefficient (Wildman–Crippen LogP) is 1.61. The maximum absolute atomic E-state index is 11.5. The van der Waals surface area contributed by atoms with Crippen LogP contribution in [0.15, 0.2) is 0 Å². The van der Waals surface area contributed by atoms with E-state index in [0.29, 0.717) is 5.75 Å². The summed E-state index contributed by atoms with van der Waals surface area (Å²) >= 11 is 1.18. The molecular weight excluding hydrogens is 158 g/mol. The zero-order valence-corrected chi connectivity index (χ0v) is 6.70. The quantitative estimate of drug-likeness (QED) is 0.676. The second-order valence-electron chi connectivity index (χ2n) is 2.22. The minimum atomic E-state index is -2.23. The molecule has 0 aromatic heterocycles. The zero-order valence-electron chi connectivity index (χ0n) is 5.89. The van der Waals surface area contributed by atoms with Gasteiger partial charge in [-0.25, -0.2) is 8.78 Å². The normalized spacial score (nSPS) is 14.1. The number of rotatable bonds is 5. The van der Waals surface area contributed by atoms with E-state index in [1.807, 2.05) is 6.92 Å². The molecule has 1 N–H and O–H groups in total. The second-order valence-corrected chi connectivity index (χ2v) is 3.29. The van der Waals surface area contributed by atoms with Crippen LogP contribution in [0.1, 0.15) is 6.92 Å². The molecule has 0 saturated carbocycles. The molecule has 0 amide bonds. The molecular formula is C6H12F2OS. The summed E-state index contributed by atoms with van der Waals surface area (Å²) in [5, 5.41) is 8.50. The Morgan fingerprint density at radius 3 is 2.40 bits per heavy atom. The van der Waals surface area contributed by atoms with Crippen molar-refractivity contribution in [3.8, 4) is 0 Å². The number of alkyl halides is 2. The van der Waals surface area contributed by atoms with E-state index < -0.39 is 6.43 Å². The minimum absolute atomic E-state index is 0.0796. The summed E-state index contributed by atoms with van der Waals surface area (Å²) in [6.45, 7) is 1.91. The molecule has 10 heavy (non-hydrogen) atoms. The maximum Gasteiger partial charge on any atom is 0.247 e. The Balaban J connectivity index is 3.03. The number of aliphatic hydroxyl groups is 1. The van der Waals surface area contributed by atoms with Gasteiger partial charge >= 0.3 is 0 Å². The molecule has 0 spiro atoms. The fraction of sp³-hybridized carbons (Fsp3) is 1.00. The van der Waals surface area contributed by atoms with Crippen LogP contribution in [0.25, 0.3) is 0 Å². The Morgan fingerprint density at radius 1 is 1.40 bits per heavy atom. The molecule has 4 heteroatoms. The van der Waals surface area contributed by atoms with E-state index in [2.05, 4.69) is 0 Å². The summed E-state index contributed by atoms with van der Waals surface area (Å²) in [5.74, 6) is 0.620. The minimum Gasteiger partial charge on any atom is -0.396 e. The fourth-order valence-electron chi connectivity index (χ4n) is 0.411. The third-order valence-electron chi connectivity index (χ3n) is 0.958. The smallest absolute Gasteiger partial charge is 0.247 e. The zero-order chi connectivity index (χ0) is 7.98. The van der Waals surface area contributed by atoms with Crippen molar-refractivity contribution in [2.45, 2.75) is 13.3 Å². The van der Waals surface area contributed by atoms with Crippen LogP contribution >= 0.6 is 11.8 Å². The first kappa shape index (κ1) is 10.2. The molecule has 0 aliphatic rings. The third kappa shape index (κ3) is 6.29. The summed E-state index contributed by atoms with van der Waals surface area (Å²) in [6, 6.07) is 0. The highest BCUT2D eigenvalue weighted by molar-refractivity contribution is 7.99. The van der Waals surface area contributed by atoms with Crippen LogP contribution in [0.2, 0.25) is 0 Å². The molecule has 62 valence electrons. The maximum atomic E-state index is 11.5. The standard InChI is InChI=1S/C6H12F2OS/c1-5(2-9)3-10-4-6(7)8/h5-6,9H,2-4H2,1H3. The first-order chi connectivity index (χ1) is 4.66. The van der Waals surface area contributed by atoms with Crippen molar-refractivity contribution in [3.63, 3.8) is 0 Å². The average molecular weight is 170 g/mol. The van der Waals surface area contributed by atoms with Gasteiger partial charge in [-0.15, -0.1) is 0 Å². The molecule has 0 rings (SSSR count). The molecule has 0 aromatic carbocycles. The van der Waals surface area contributed by atoms with Crippen LogP contribution in [0.5, 0.6) is 0 Å². The van der Waals surface area contributed by atoms with Crippen molar-refractivity contribution in [1.29, 1.82) is 0 Å². The summed E-state index contributed by atoms with van der Waals surface area (Å²) in [5.41, 5.74) is 0. The summed E-state index contributed by atoms with van der Waals surface area (Å²) in [6.07, 6.45) is -2.23. The van der Waals surface area contributed by atoms with Crippen molar-refractivity contribution in [1.82, 2.24) is 0 Å². The van der Waals surface area contributed by atoms with Crippen LogP contribution in [0.3, 0.4) is 0 Å². The summed E-state index contributed by atoms with van der Waals surface area (Å²) < 4.78 is 23.0. The Kier molecular flexibility index (Phi) is 6.02. The monoisotopic (exact) mass is 170 g/mol. The van der Waals surface area contributed by atoms with Crippen LogP contribution in [0.4, 0.5) is 8.78 Å². The molecule has 0 aliphatic heterocycles. The second kappa shape index (κ2) is 5.92. The molecule has 1 nitrogen and oxygen atoms in total. The molecule has 0 saturated heterocycles. The highest BCUT2D eigenvalue weighted by atomic mass is 32.2. The molecule has 0 heterocycles. The van der Waals surface area contributed by atoms with E-state index in [9.17, 15) is 8.78 Å². The Bertz CT molecular complexity index is 80.1. The van der Waals surface area contributed by atoms with Crippen molar-refractivity contribution in [2.24, 2.45) is 5.92 Å². The molecule has 0 bridgehead atoms. The SMILES string of the molecule is CC(CO)CSCC(F)F. The van der Waals surface area contributed by atoms with E-state index in [-0.39, 0.29) is 18.3 Å². The van der Waals surface area contributed by atoms with Gasteiger partial charge in [-0.3, -0.25) is 0 Å². The third-order valence-corrected chi connectivity index (χ3v) is 2.25. The van der Waals surface area contributed by atoms with E-state index in [0.717, 1.165) is 0 Å². The van der Waals surface area contributed by atoms with Crippen molar-refractivity contribution < 1.29 is 13.9 Å². The Hall–Kier alpha value is 0.170. The molecule has 0 aromatic rings. The van der Waals surface area contributed by atoms with Gasteiger partial charge in [0.25, 0.3) is 0 Å². The molecule has 1 atom stereocenters. The number of hydrogen-bond acceptors (Lipinski definition) is 2. The van der Waals surface area contributed by atoms with Crippen molar-refractivity contribution in [3.05, 3.63) is 0 Å². The van der Waals surface area contributed by atoms with Gasteiger partial charge in [0, 0.05) is 6.61 Å². The summed E-state index contributed by atoms with van der Waals surface area (Å²) in [4.78, 5) is 0. The number of halogens is 2. The van der Waals surface area contributed by atoms with Crippen LogP contribution in [-0.4, -0.2) is 29.6 Å². The van der Waals surface area contributed by atoms with Crippen LogP contribution < -0.4 is 0 Å². The van der Waals surface area contributed by atoms with Gasteiger partial charge in [-0.2, -0.15) is 11.8 Å². The molecule has 0 aliphatic carbocycles. The van der Waals surface area contributed by atoms with Gasteiger partial charge in [0.05, 0.1) is 5.75 Å². The van der Waals surface area contributed by atoms with Gasteiger partial charge in [0.15, 0.2) is 0 Å². The fourth-order valence-corrected chi connectivity index (χ4v) is 1.23. The van der Waals surface area contributed by atoms with E-state index >= 15 is 0 Å². The summed E-state index contributed by atoms with van der Waals surface area (Å²) in [7, 11) is 0. The Morgan fingerprint density at radius 2 is 2.00 bits per heavy atom. The Labute approximate surface area is 63.8 Å². The molecule has 1 unspecified atom stereocenters. The lowest BCUT2D eigenvalue weighted by atomic mass is 10.2. The number of hydrogen-bond donors (Lipinski definition) is 1. The van der Waals surface area contributed by atoms with E-state index in [1.165, 1.54) is 11.8 Å². The highest BCUT2D eigenvalue weighted by Crippen LogP contribution is 2.10. The first-order valence-corrected chi connectivity index (χ1v) is 4.29. The highest BCUT2D eigenvalue weighted by Gasteiger charge is 2.04. The van der Waals surface area contributed by atoms with Crippen LogP contribution in [-0.2, 0) is 0 Å². The van der Waals surface area contributed by atoms with Crippen molar-refractivity contribution >= 4 is 11.8 Å². The predicted molar refractivity (Wildman–Crippen MR) is 39.6 cm³/mol. The van der Waals surface area contributed by atoms with Gasteiger partial charge in [-0.05, 0) is 11.7 Å². The lowest BCUT2D eigenvalue weighted by molar-refractivity contribution is 0.176. The number of thioether (sulfide) groups is 1. The van der Waals surface area contributed by atoms with Crippen molar-refractivity contribution in [2.75, 3.05) is 18.1 Å². The largest absolute Gasteiger partial charge is 0.396 e. The van der Waals surface area contributed by atoms with Gasteiger partial charge in [0.2, 0.25) is 6.43 Å². The number of aliphatic hydroxyl groups excluding tert-OH is 1. The van der Waals surface area contributed by atoms with Crippen LogP contribution in [0, 0.1) is 5.92 Å². The van der Waals surface area contributed by atoms with E-state index in [1.54, 1.807) is 0 Å².